The Kier molecular flexibility index (Phi) is 8.06. The molecule has 3 heterocycles. The summed E-state index contributed by atoms with van der Waals surface area (Å²) in [6.07, 6.45) is 2.88. The molecule has 2 amide bonds. The molecule has 1 aromatic carbocycles. The summed E-state index contributed by atoms with van der Waals surface area (Å²) in [6.45, 7) is 8.45. The van der Waals surface area contributed by atoms with Gasteiger partial charge < -0.3 is 26.4 Å². The second-order valence-electron chi connectivity index (χ2n) is 10.4. The van der Waals surface area contributed by atoms with Gasteiger partial charge in [-0.15, -0.1) is 0 Å². The minimum absolute atomic E-state index is 0.203. The Hall–Kier alpha value is -2.83. The van der Waals surface area contributed by atoms with Gasteiger partial charge in [-0.25, -0.2) is 9.59 Å². The van der Waals surface area contributed by atoms with Crippen LogP contribution in [-0.4, -0.2) is 99.0 Å². The Labute approximate surface area is 211 Å². The van der Waals surface area contributed by atoms with E-state index in [1.165, 1.54) is 10.1 Å². The monoisotopic (exact) mass is 498 g/mol. The number of likely N-dealkylation sites (tertiary alicyclic amines) is 1. The van der Waals surface area contributed by atoms with E-state index < -0.39 is 17.5 Å². The highest BCUT2D eigenvalue weighted by molar-refractivity contribution is 5.88. The predicted octanol–water partition coefficient (Wildman–Crippen LogP) is 0.0132. The number of anilines is 1. The number of aromatic nitrogens is 2. The molecule has 6 N–H and O–H groups in total. The third-order valence-corrected chi connectivity index (χ3v) is 6.79. The predicted molar refractivity (Wildman–Crippen MR) is 139 cm³/mol. The van der Waals surface area contributed by atoms with Gasteiger partial charge in [0.1, 0.15) is 12.0 Å². The second-order valence-corrected chi connectivity index (χ2v) is 10.4. The molecule has 4 rings (SSSR count). The molecule has 0 aliphatic carbocycles. The number of aliphatic hydroxyl groups is 1. The van der Waals surface area contributed by atoms with Crippen molar-refractivity contribution < 1.29 is 9.90 Å². The number of nitrogens with two attached hydrogens (primary N) is 2. The summed E-state index contributed by atoms with van der Waals surface area (Å²) in [5.74, 6) is 0.203. The van der Waals surface area contributed by atoms with Gasteiger partial charge in [0.05, 0.1) is 5.69 Å². The topological polar surface area (TPSA) is 146 Å². The number of carbonyl (C=O) groups excluding carboxylic acids is 1. The molecule has 2 fully saturated rings. The van der Waals surface area contributed by atoms with E-state index in [0.717, 1.165) is 38.2 Å². The molecule has 0 spiro atoms. The zero-order valence-electron chi connectivity index (χ0n) is 21.1. The van der Waals surface area contributed by atoms with Crippen molar-refractivity contribution in [3.05, 3.63) is 52.6 Å². The first-order chi connectivity index (χ1) is 17.1. The lowest BCUT2D eigenvalue weighted by Gasteiger charge is -2.41. The Bertz CT molecular complexity index is 1080. The lowest BCUT2D eigenvalue weighted by molar-refractivity contribution is -0.0573. The Morgan fingerprint density at radius 3 is 2.42 bits per heavy atom. The zero-order valence-corrected chi connectivity index (χ0v) is 21.1. The van der Waals surface area contributed by atoms with Crippen LogP contribution >= 0.6 is 0 Å². The zero-order chi connectivity index (χ0) is 25.9. The largest absolute Gasteiger partial charge is 0.376 e. The van der Waals surface area contributed by atoms with Crippen LogP contribution in [0.3, 0.4) is 0 Å². The van der Waals surface area contributed by atoms with Crippen molar-refractivity contribution in [2.45, 2.75) is 44.5 Å². The molecule has 11 heteroatoms. The van der Waals surface area contributed by atoms with E-state index in [-0.39, 0.29) is 11.8 Å². The van der Waals surface area contributed by atoms with E-state index in [2.05, 4.69) is 15.2 Å². The molecule has 0 saturated carbocycles. The van der Waals surface area contributed by atoms with Crippen molar-refractivity contribution in [1.29, 1.82) is 0 Å². The summed E-state index contributed by atoms with van der Waals surface area (Å²) < 4.78 is 1.45. The highest BCUT2D eigenvalue weighted by atomic mass is 16.3. The number of piperazine rings is 1. The summed E-state index contributed by atoms with van der Waals surface area (Å²) in [5.41, 5.74) is 12.5. The van der Waals surface area contributed by atoms with E-state index >= 15 is 0 Å². The van der Waals surface area contributed by atoms with Gasteiger partial charge in [0.15, 0.2) is 0 Å². The van der Waals surface area contributed by atoms with Crippen molar-refractivity contribution in [3.8, 4) is 5.69 Å². The van der Waals surface area contributed by atoms with Gasteiger partial charge in [-0.3, -0.25) is 14.8 Å². The van der Waals surface area contributed by atoms with Gasteiger partial charge in [-0.05, 0) is 57.0 Å². The normalized spacial score (nSPS) is 18.6. The van der Waals surface area contributed by atoms with Gasteiger partial charge in [-0.2, -0.15) is 4.98 Å². The van der Waals surface area contributed by atoms with E-state index in [4.69, 9.17) is 11.5 Å². The fourth-order valence-electron chi connectivity index (χ4n) is 4.62. The number of urea groups is 1. The van der Waals surface area contributed by atoms with Crippen LogP contribution in [-0.2, 0) is 6.42 Å². The van der Waals surface area contributed by atoms with Crippen LogP contribution < -0.4 is 22.5 Å². The molecular weight excluding hydrogens is 460 g/mol. The molecule has 1 unspecified atom stereocenters. The van der Waals surface area contributed by atoms with Gasteiger partial charge in [0.2, 0.25) is 0 Å². The van der Waals surface area contributed by atoms with Gasteiger partial charge >= 0.3 is 11.7 Å². The number of amides is 2. The number of aliphatic hydroxyl groups excluding tert-OH is 1. The maximum atomic E-state index is 12.7. The first-order valence-corrected chi connectivity index (χ1v) is 12.5. The van der Waals surface area contributed by atoms with Crippen LogP contribution in [0.15, 0.2) is 41.3 Å². The molecule has 36 heavy (non-hydrogen) atoms. The first kappa shape index (κ1) is 26.2. The minimum atomic E-state index is -0.782. The van der Waals surface area contributed by atoms with Crippen LogP contribution in [0.4, 0.5) is 10.6 Å². The lowest BCUT2D eigenvalue weighted by Crippen LogP contribution is -2.60. The molecule has 196 valence electrons. The molecule has 2 aliphatic heterocycles. The number of hydrogen-bond donors (Lipinski definition) is 4. The standard InChI is InChI=1S/C25H38N8O3/c1-25(2,27)22(34)31-12-14-32(15-13-31)23(35)28-21-9-11-33(24(36)29-21)20-7-5-18(6-8-20)4-3-10-30-16-19(26)17-30/h5-9,11,19,22,34H,3-4,10,12-17,26-27H2,1-2H3,(H,28,29,35,36). The Morgan fingerprint density at radius 1 is 1.17 bits per heavy atom. The van der Waals surface area contributed by atoms with Crippen molar-refractivity contribution in [2.24, 2.45) is 11.5 Å². The number of aryl methyl sites for hydroxylation is 1. The maximum absolute atomic E-state index is 12.7. The van der Waals surface area contributed by atoms with E-state index in [1.807, 2.05) is 29.2 Å². The summed E-state index contributed by atoms with van der Waals surface area (Å²) in [6, 6.07) is 9.49. The molecule has 2 aromatic rings. The molecule has 0 radical (unpaired) electrons. The third-order valence-electron chi connectivity index (χ3n) is 6.79. The minimum Gasteiger partial charge on any atom is -0.376 e. The van der Waals surface area contributed by atoms with Crippen molar-refractivity contribution >= 4 is 11.8 Å². The highest BCUT2D eigenvalue weighted by Gasteiger charge is 2.32. The Morgan fingerprint density at radius 2 is 1.83 bits per heavy atom. The van der Waals surface area contributed by atoms with Crippen molar-refractivity contribution in [1.82, 2.24) is 24.3 Å². The molecule has 11 nitrogen and oxygen atoms in total. The van der Waals surface area contributed by atoms with Crippen LogP contribution in [0.2, 0.25) is 0 Å². The number of benzene rings is 1. The Balaban J connectivity index is 1.28. The van der Waals surface area contributed by atoms with Crippen LogP contribution in [0, 0.1) is 0 Å². The lowest BCUT2D eigenvalue weighted by atomic mass is 10.0. The highest BCUT2D eigenvalue weighted by Crippen LogP contribution is 2.15. The number of carbonyl (C=O) groups is 1. The molecule has 1 aromatic heterocycles. The third kappa shape index (κ3) is 6.48. The summed E-state index contributed by atoms with van der Waals surface area (Å²) >= 11 is 0. The van der Waals surface area contributed by atoms with Crippen molar-refractivity contribution in [2.75, 3.05) is 51.1 Å². The summed E-state index contributed by atoms with van der Waals surface area (Å²) in [7, 11) is 0. The smallest absolute Gasteiger partial charge is 0.354 e. The van der Waals surface area contributed by atoms with Gasteiger partial charge in [-0.1, -0.05) is 12.1 Å². The van der Waals surface area contributed by atoms with E-state index in [0.29, 0.717) is 32.2 Å². The fraction of sp³-hybridized carbons (Fsp3) is 0.560. The average molecular weight is 499 g/mol. The average Bonchev–Trinajstić information content (AvgIpc) is 2.82. The number of nitrogens with one attached hydrogen (secondary N) is 1. The second kappa shape index (κ2) is 11.1. The summed E-state index contributed by atoms with van der Waals surface area (Å²) in [4.78, 5) is 35.2. The SMILES string of the molecule is CC(C)(N)C(O)N1CCN(C(=O)Nc2ccn(-c3ccc(CCCN4CC(N)C4)cc3)c(=O)n2)CC1. The van der Waals surface area contributed by atoms with Crippen LogP contribution in [0.25, 0.3) is 5.69 Å². The van der Waals surface area contributed by atoms with Crippen molar-refractivity contribution in [3.63, 3.8) is 0 Å². The molecule has 0 bridgehead atoms. The molecular formula is C25H38N8O3. The maximum Gasteiger partial charge on any atom is 0.354 e. The molecule has 2 aliphatic rings. The fourth-order valence-corrected chi connectivity index (χ4v) is 4.62. The number of rotatable bonds is 8. The summed E-state index contributed by atoms with van der Waals surface area (Å²) in [5, 5.41) is 13.0. The first-order valence-electron chi connectivity index (χ1n) is 12.5. The number of nitrogens with zero attached hydrogens (tertiary/aromatic N) is 5. The van der Waals surface area contributed by atoms with Gasteiger partial charge in [0, 0.05) is 57.0 Å². The van der Waals surface area contributed by atoms with E-state index in [9.17, 15) is 14.7 Å². The van der Waals surface area contributed by atoms with E-state index in [1.54, 1.807) is 31.0 Å². The van der Waals surface area contributed by atoms with Gasteiger partial charge in [0.25, 0.3) is 0 Å². The number of hydrogen-bond acceptors (Lipinski definition) is 8. The molecule has 2 saturated heterocycles. The molecule has 1 atom stereocenters. The van der Waals surface area contributed by atoms with Crippen LogP contribution in [0.5, 0.6) is 0 Å². The quantitative estimate of drug-likeness (QED) is 0.398. The van der Waals surface area contributed by atoms with Crippen LogP contribution in [0.1, 0.15) is 25.8 Å².